The zero-order valence-corrected chi connectivity index (χ0v) is 13.5. The maximum absolute atomic E-state index is 5.91. The summed E-state index contributed by atoms with van der Waals surface area (Å²) < 4.78 is 9.15. The first-order chi connectivity index (χ1) is 11.3. The van der Waals surface area contributed by atoms with Crippen LogP contribution in [0, 0.1) is 0 Å². The van der Waals surface area contributed by atoms with Crippen molar-refractivity contribution in [1.82, 2.24) is 4.98 Å². The van der Waals surface area contributed by atoms with Crippen LogP contribution in [0.25, 0.3) is 33.1 Å². The number of furan rings is 1. The molecule has 0 saturated heterocycles. The minimum atomic E-state index is 0.809. The van der Waals surface area contributed by atoms with Crippen LogP contribution in [-0.2, 0) is 7.05 Å². The van der Waals surface area contributed by atoms with Crippen LogP contribution in [0.4, 0.5) is 0 Å². The van der Waals surface area contributed by atoms with Gasteiger partial charge in [0, 0.05) is 18.2 Å². The van der Waals surface area contributed by atoms with E-state index in [0.29, 0.717) is 0 Å². The van der Waals surface area contributed by atoms with E-state index < -0.39 is 0 Å². The monoisotopic (exact) mass is 319 g/mol. The first-order valence-electron chi connectivity index (χ1n) is 7.38. The number of pyridine rings is 1. The van der Waals surface area contributed by atoms with E-state index in [0.717, 1.165) is 27.7 Å². The number of thiazole rings is 1. The molecule has 4 rings (SSSR count). The normalized spacial score (nSPS) is 11.5. The maximum atomic E-state index is 5.91. The summed E-state index contributed by atoms with van der Waals surface area (Å²) in [5.74, 6) is 1.63. The van der Waals surface area contributed by atoms with Crippen LogP contribution in [0.15, 0.2) is 65.2 Å². The lowest BCUT2D eigenvalue weighted by molar-refractivity contribution is -0.673. The van der Waals surface area contributed by atoms with Gasteiger partial charge in [-0.3, -0.25) is 0 Å². The summed E-state index contributed by atoms with van der Waals surface area (Å²) in [5, 5.41) is 0.913. The van der Waals surface area contributed by atoms with Crippen molar-refractivity contribution in [3.8, 4) is 10.8 Å². The lowest BCUT2D eigenvalue weighted by atomic mass is 10.3. The summed E-state index contributed by atoms with van der Waals surface area (Å²) in [7, 11) is 2.02. The molecule has 0 aliphatic rings. The van der Waals surface area contributed by atoms with Gasteiger partial charge < -0.3 is 4.42 Å². The number of nitrogens with zero attached hydrogens (tertiary/aromatic N) is 2. The molecule has 3 aromatic heterocycles. The second-order valence-corrected chi connectivity index (χ2v) is 6.29. The van der Waals surface area contributed by atoms with Crippen LogP contribution in [0.3, 0.4) is 0 Å². The fourth-order valence-corrected chi connectivity index (χ4v) is 3.34. The zero-order chi connectivity index (χ0) is 15.6. The molecule has 0 fully saturated rings. The van der Waals surface area contributed by atoms with Gasteiger partial charge in [-0.25, -0.2) is 9.55 Å². The number of aryl methyl sites for hydroxylation is 1. The molecule has 0 atom stereocenters. The summed E-state index contributed by atoms with van der Waals surface area (Å²) in [6.07, 6.45) is 6.04. The van der Waals surface area contributed by atoms with Crippen molar-refractivity contribution < 1.29 is 8.98 Å². The second-order valence-electron chi connectivity index (χ2n) is 5.26. The highest BCUT2D eigenvalue weighted by molar-refractivity contribution is 7.21. The van der Waals surface area contributed by atoms with Gasteiger partial charge in [-0.2, -0.15) is 0 Å². The average Bonchev–Trinajstić information content (AvgIpc) is 3.20. The molecule has 0 aliphatic heterocycles. The van der Waals surface area contributed by atoms with Crippen LogP contribution < -0.4 is 4.57 Å². The molecule has 0 bridgehead atoms. The predicted octanol–water partition coefficient (Wildman–Crippen LogP) is 4.55. The summed E-state index contributed by atoms with van der Waals surface area (Å²) in [4.78, 5) is 4.63. The number of hydrogen-bond donors (Lipinski definition) is 0. The van der Waals surface area contributed by atoms with Crippen molar-refractivity contribution in [1.29, 1.82) is 0 Å². The number of hydrogen-bond acceptors (Lipinski definition) is 3. The molecule has 3 heterocycles. The number of fused-ring (bicyclic) bond motifs is 1. The number of benzene rings is 1. The minimum absolute atomic E-state index is 0.809. The van der Waals surface area contributed by atoms with Gasteiger partial charge in [0.2, 0.25) is 5.69 Å². The van der Waals surface area contributed by atoms with Crippen molar-refractivity contribution in [3.05, 3.63) is 72.2 Å². The Bertz CT molecular complexity index is 964. The van der Waals surface area contributed by atoms with E-state index in [1.165, 1.54) is 4.70 Å². The van der Waals surface area contributed by atoms with E-state index in [1.807, 2.05) is 67.9 Å². The molecule has 1 aromatic carbocycles. The topological polar surface area (TPSA) is 29.9 Å². The Morgan fingerprint density at radius 2 is 1.87 bits per heavy atom. The second kappa shape index (κ2) is 5.82. The lowest BCUT2D eigenvalue weighted by Gasteiger charge is -1.92. The van der Waals surface area contributed by atoms with Crippen molar-refractivity contribution in [2.24, 2.45) is 7.05 Å². The van der Waals surface area contributed by atoms with Gasteiger partial charge in [0.1, 0.15) is 12.8 Å². The van der Waals surface area contributed by atoms with E-state index in [-0.39, 0.29) is 0 Å². The molecule has 0 unspecified atom stereocenters. The molecule has 112 valence electrons. The van der Waals surface area contributed by atoms with Gasteiger partial charge in [-0.15, -0.1) is 11.3 Å². The van der Waals surface area contributed by atoms with E-state index in [1.54, 1.807) is 11.3 Å². The summed E-state index contributed by atoms with van der Waals surface area (Å²) in [6, 6.07) is 18.2. The number of rotatable bonds is 3. The molecule has 0 radical (unpaired) electrons. The van der Waals surface area contributed by atoms with E-state index in [4.69, 9.17) is 4.42 Å². The molecule has 0 amide bonds. The van der Waals surface area contributed by atoms with Gasteiger partial charge >= 0.3 is 0 Å². The Hall–Kier alpha value is -2.72. The fraction of sp³-hybridized carbons (Fsp3) is 0.0526. The SMILES string of the molecule is C[n+]1ccccc1/C=C/c1ccc(-c2nc3ccccc3s2)o1. The maximum Gasteiger partial charge on any atom is 0.205 e. The minimum Gasteiger partial charge on any atom is -0.454 e. The van der Waals surface area contributed by atoms with Crippen molar-refractivity contribution in [2.45, 2.75) is 0 Å². The molecule has 4 aromatic rings. The fourth-order valence-electron chi connectivity index (χ4n) is 2.41. The van der Waals surface area contributed by atoms with Crippen LogP contribution >= 0.6 is 11.3 Å². The Kier molecular flexibility index (Phi) is 3.52. The third kappa shape index (κ3) is 2.81. The van der Waals surface area contributed by atoms with Crippen LogP contribution in [0.1, 0.15) is 11.5 Å². The van der Waals surface area contributed by atoms with Gasteiger partial charge in [-0.05, 0) is 36.4 Å². The van der Waals surface area contributed by atoms with E-state index >= 15 is 0 Å². The highest BCUT2D eigenvalue weighted by Gasteiger charge is 2.09. The van der Waals surface area contributed by atoms with Crippen LogP contribution in [-0.4, -0.2) is 4.98 Å². The Morgan fingerprint density at radius 1 is 1.00 bits per heavy atom. The Morgan fingerprint density at radius 3 is 2.74 bits per heavy atom. The lowest BCUT2D eigenvalue weighted by Crippen LogP contribution is -2.30. The molecule has 0 aliphatic carbocycles. The Labute approximate surface area is 138 Å². The number of aromatic nitrogens is 2. The third-order valence-electron chi connectivity index (χ3n) is 3.64. The summed E-state index contributed by atoms with van der Waals surface area (Å²) in [5.41, 5.74) is 2.13. The zero-order valence-electron chi connectivity index (χ0n) is 12.6. The highest BCUT2D eigenvalue weighted by atomic mass is 32.1. The van der Waals surface area contributed by atoms with E-state index in [9.17, 15) is 0 Å². The van der Waals surface area contributed by atoms with Crippen molar-refractivity contribution in [2.75, 3.05) is 0 Å². The Balaban J connectivity index is 1.63. The van der Waals surface area contributed by atoms with Gasteiger partial charge in [0.05, 0.1) is 10.2 Å². The van der Waals surface area contributed by atoms with Crippen molar-refractivity contribution >= 4 is 33.7 Å². The molecule has 0 N–H and O–H groups in total. The quantitative estimate of drug-likeness (QED) is 0.518. The molecular formula is C19H15N2OS+. The predicted molar refractivity (Wildman–Crippen MR) is 93.9 cm³/mol. The average molecular weight is 319 g/mol. The smallest absolute Gasteiger partial charge is 0.205 e. The van der Waals surface area contributed by atoms with Gasteiger partial charge in [0.15, 0.2) is 17.0 Å². The first kappa shape index (κ1) is 13.9. The largest absolute Gasteiger partial charge is 0.454 e. The van der Waals surface area contributed by atoms with Crippen LogP contribution in [0.2, 0.25) is 0 Å². The summed E-state index contributed by atoms with van der Waals surface area (Å²) in [6.45, 7) is 0. The molecular weight excluding hydrogens is 304 g/mol. The number of para-hydroxylation sites is 1. The highest BCUT2D eigenvalue weighted by Crippen LogP contribution is 2.31. The molecule has 3 nitrogen and oxygen atoms in total. The van der Waals surface area contributed by atoms with Crippen molar-refractivity contribution in [3.63, 3.8) is 0 Å². The molecule has 0 spiro atoms. The standard InChI is InChI=1S/C19H15N2OS/c1-21-13-5-4-6-14(21)9-10-15-11-12-17(22-15)19-20-16-7-2-3-8-18(16)23-19/h2-13H,1H3/q+1/b10-9+. The van der Waals surface area contributed by atoms with Crippen LogP contribution in [0.5, 0.6) is 0 Å². The summed E-state index contributed by atoms with van der Waals surface area (Å²) >= 11 is 1.65. The first-order valence-corrected chi connectivity index (χ1v) is 8.20. The molecule has 0 saturated carbocycles. The third-order valence-corrected chi connectivity index (χ3v) is 4.70. The molecule has 4 heteroatoms. The van der Waals surface area contributed by atoms with E-state index in [2.05, 4.69) is 21.7 Å². The van der Waals surface area contributed by atoms with Gasteiger partial charge in [0.25, 0.3) is 0 Å². The van der Waals surface area contributed by atoms with Gasteiger partial charge in [-0.1, -0.05) is 12.1 Å². The molecule has 23 heavy (non-hydrogen) atoms.